The topological polar surface area (TPSA) is 73.0 Å². The van der Waals surface area contributed by atoms with Crippen LogP contribution in [0.3, 0.4) is 0 Å². The molecule has 2 aliphatic rings. The van der Waals surface area contributed by atoms with E-state index in [1.807, 2.05) is 30.3 Å². The van der Waals surface area contributed by atoms with E-state index >= 15 is 0 Å². The molecule has 2 heterocycles. The molecule has 2 saturated heterocycles. The molecule has 1 atom stereocenters. The van der Waals surface area contributed by atoms with Gasteiger partial charge < -0.3 is 10.2 Å². The molecule has 0 aliphatic carbocycles. The maximum Gasteiger partial charge on any atom is 0.236 e. The predicted octanol–water partition coefficient (Wildman–Crippen LogP) is 0.376. The van der Waals surface area contributed by atoms with Gasteiger partial charge in [0, 0.05) is 51.9 Å². The zero-order valence-corrected chi connectivity index (χ0v) is 17.3. The molecular formula is C18H29ClN4O3S. The van der Waals surface area contributed by atoms with E-state index in [-0.39, 0.29) is 24.1 Å². The first-order chi connectivity index (χ1) is 12.5. The van der Waals surface area contributed by atoms with E-state index < -0.39 is 10.0 Å². The number of rotatable bonds is 5. The highest BCUT2D eigenvalue weighted by Crippen LogP contribution is 2.14. The van der Waals surface area contributed by atoms with Gasteiger partial charge in [-0.05, 0) is 12.5 Å². The number of amides is 1. The van der Waals surface area contributed by atoms with E-state index in [9.17, 15) is 13.2 Å². The Labute approximate surface area is 168 Å². The molecule has 2 fully saturated rings. The number of piperazine rings is 2. The van der Waals surface area contributed by atoms with Gasteiger partial charge in [-0.15, -0.1) is 12.4 Å². The molecule has 3 rings (SSSR count). The van der Waals surface area contributed by atoms with E-state index in [1.165, 1.54) is 4.31 Å². The number of benzene rings is 1. The standard InChI is InChI=1S/C18H28N4O3S.ClH/c1-16-13-19-7-8-21(16)14-18(23)20-9-11-22(12-10-20)26(24,25)15-17-5-3-2-4-6-17;/h2-6,16,19H,7-15H2,1H3;1H/t16-;/m1./s1. The van der Waals surface area contributed by atoms with Crippen LogP contribution in [0.5, 0.6) is 0 Å². The highest BCUT2D eigenvalue weighted by molar-refractivity contribution is 7.88. The molecule has 0 unspecified atom stereocenters. The van der Waals surface area contributed by atoms with Crippen LogP contribution in [0.1, 0.15) is 12.5 Å². The minimum atomic E-state index is -3.34. The Hall–Kier alpha value is -1.19. The third kappa shape index (κ3) is 5.89. The number of sulfonamides is 1. The van der Waals surface area contributed by atoms with Crippen molar-refractivity contribution in [3.8, 4) is 0 Å². The number of hydrogen-bond acceptors (Lipinski definition) is 5. The van der Waals surface area contributed by atoms with Crippen molar-refractivity contribution in [2.75, 3.05) is 52.4 Å². The summed E-state index contributed by atoms with van der Waals surface area (Å²) in [7, 11) is -3.34. The molecule has 9 heteroatoms. The maximum atomic E-state index is 12.6. The van der Waals surface area contributed by atoms with Crippen molar-refractivity contribution in [2.24, 2.45) is 0 Å². The van der Waals surface area contributed by atoms with Crippen molar-refractivity contribution in [1.29, 1.82) is 0 Å². The number of nitrogens with one attached hydrogen (secondary N) is 1. The summed E-state index contributed by atoms with van der Waals surface area (Å²) in [4.78, 5) is 16.5. The van der Waals surface area contributed by atoms with Crippen molar-refractivity contribution in [2.45, 2.75) is 18.7 Å². The average Bonchev–Trinajstić information content (AvgIpc) is 2.64. The number of hydrogen-bond donors (Lipinski definition) is 1. The lowest BCUT2D eigenvalue weighted by atomic mass is 10.2. The van der Waals surface area contributed by atoms with Gasteiger partial charge in [-0.3, -0.25) is 9.69 Å². The van der Waals surface area contributed by atoms with Crippen LogP contribution < -0.4 is 5.32 Å². The predicted molar refractivity (Wildman–Crippen MR) is 108 cm³/mol. The first-order valence-electron chi connectivity index (χ1n) is 9.20. The van der Waals surface area contributed by atoms with Gasteiger partial charge in [0.05, 0.1) is 12.3 Å². The summed E-state index contributed by atoms with van der Waals surface area (Å²) in [6.45, 7) is 6.89. The minimum Gasteiger partial charge on any atom is -0.339 e. The Morgan fingerprint density at radius 1 is 1.11 bits per heavy atom. The molecule has 7 nitrogen and oxygen atoms in total. The second-order valence-corrected chi connectivity index (χ2v) is 9.01. The fourth-order valence-electron chi connectivity index (χ4n) is 3.48. The summed E-state index contributed by atoms with van der Waals surface area (Å²) in [5.74, 6) is 0.110. The lowest BCUT2D eigenvalue weighted by Crippen LogP contribution is -2.56. The molecular weight excluding hydrogens is 388 g/mol. The van der Waals surface area contributed by atoms with Gasteiger partial charge in [0.2, 0.25) is 15.9 Å². The molecule has 0 aromatic heterocycles. The van der Waals surface area contributed by atoms with Crippen molar-refractivity contribution in [3.63, 3.8) is 0 Å². The quantitative estimate of drug-likeness (QED) is 0.751. The monoisotopic (exact) mass is 416 g/mol. The minimum absolute atomic E-state index is 0. The summed E-state index contributed by atoms with van der Waals surface area (Å²) in [5, 5.41) is 3.32. The van der Waals surface area contributed by atoms with E-state index in [0.717, 1.165) is 25.2 Å². The first kappa shape index (κ1) is 22.1. The lowest BCUT2D eigenvalue weighted by molar-refractivity contribution is -0.134. The van der Waals surface area contributed by atoms with Gasteiger partial charge in [0.15, 0.2) is 0 Å². The second kappa shape index (κ2) is 9.84. The molecule has 152 valence electrons. The van der Waals surface area contributed by atoms with E-state index in [1.54, 1.807) is 4.90 Å². The fourth-order valence-corrected chi connectivity index (χ4v) is 5.00. The SMILES string of the molecule is C[C@@H]1CNCCN1CC(=O)N1CCN(S(=O)(=O)Cc2ccccc2)CC1.Cl. The summed E-state index contributed by atoms with van der Waals surface area (Å²) in [5.41, 5.74) is 0.790. The highest BCUT2D eigenvalue weighted by atomic mass is 35.5. The number of nitrogens with zero attached hydrogens (tertiary/aromatic N) is 3. The first-order valence-corrected chi connectivity index (χ1v) is 10.8. The van der Waals surface area contributed by atoms with Crippen LogP contribution >= 0.6 is 12.4 Å². The zero-order valence-electron chi connectivity index (χ0n) is 15.7. The summed E-state index contributed by atoms with van der Waals surface area (Å²) in [6, 6.07) is 9.56. The second-order valence-electron chi connectivity index (χ2n) is 7.05. The summed E-state index contributed by atoms with van der Waals surface area (Å²) < 4.78 is 26.7. The highest BCUT2D eigenvalue weighted by Gasteiger charge is 2.30. The maximum absolute atomic E-state index is 12.6. The van der Waals surface area contributed by atoms with Crippen LogP contribution in [0.2, 0.25) is 0 Å². The molecule has 0 bridgehead atoms. The van der Waals surface area contributed by atoms with Gasteiger partial charge in [-0.2, -0.15) is 4.31 Å². The van der Waals surface area contributed by atoms with Crippen molar-refractivity contribution >= 4 is 28.3 Å². The van der Waals surface area contributed by atoms with Gasteiger partial charge in [0.25, 0.3) is 0 Å². The Morgan fingerprint density at radius 2 is 1.78 bits per heavy atom. The van der Waals surface area contributed by atoms with Crippen LogP contribution in [0, 0.1) is 0 Å². The lowest BCUT2D eigenvalue weighted by Gasteiger charge is -2.37. The summed E-state index contributed by atoms with van der Waals surface area (Å²) in [6.07, 6.45) is 0. The molecule has 0 saturated carbocycles. The van der Waals surface area contributed by atoms with Crippen LogP contribution in [0.15, 0.2) is 30.3 Å². The number of halogens is 1. The Balaban J connectivity index is 0.00000261. The third-order valence-corrected chi connectivity index (χ3v) is 7.00. The van der Waals surface area contributed by atoms with Crippen molar-refractivity contribution in [3.05, 3.63) is 35.9 Å². The Bertz CT molecular complexity index is 709. The smallest absolute Gasteiger partial charge is 0.236 e. The molecule has 27 heavy (non-hydrogen) atoms. The third-order valence-electron chi connectivity index (χ3n) is 5.15. The van der Waals surface area contributed by atoms with E-state index in [0.29, 0.717) is 38.8 Å². The molecule has 1 aromatic carbocycles. The van der Waals surface area contributed by atoms with Gasteiger partial charge in [-0.1, -0.05) is 30.3 Å². The number of carbonyl (C=O) groups is 1. The van der Waals surface area contributed by atoms with Crippen LogP contribution in [-0.4, -0.2) is 86.8 Å². The zero-order chi connectivity index (χ0) is 18.6. The van der Waals surface area contributed by atoms with Crippen LogP contribution in [0.4, 0.5) is 0 Å². The van der Waals surface area contributed by atoms with Gasteiger partial charge in [-0.25, -0.2) is 8.42 Å². The molecule has 0 radical (unpaired) electrons. The fraction of sp³-hybridized carbons (Fsp3) is 0.611. The van der Waals surface area contributed by atoms with Crippen LogP contribution in [-0.2, 0) is 20.6 Å². The number of carbonyl (C=O) groups excluding carboxylic acids is 1. The molecule has 1 amide bonds. The average molecular weight is 417 g/mol. The van der Waals surface area contributed by atoms with Gasteiger partial charge in [0.1, 0.15) is 0 Å². The Kier molecular flexibility index (Phi) is 8.05. The largest absolute Gasteiger partial charge is 0.339 e. The van der Waals surface area contributed by atoms with Crippen LogP contribution in [0.25, 0.3) is 0 Å². The van der Waals surface area contributed by atoms with Crippen molar-refractivity contribution in [1.82, 2.24) is 19.4 Å². The van der Waals surface area contributed by atoms with Gasteiger partial charge >= 0.3 is 0 Å². The molecule has 1 N–H and O–H groups in total. The van der Waals surface area contributed by atoms with Crippen molar-refractivity contribution < 1.29 is 13.2 Å². The van der Waals surface area contributed by atoms with E-state index in [4.69, 9.17) is 0 Å². The summed E-state index contributed by atoms with van der Waals surface area (Å²) >= 11 is 0. The van der Waals surface area contributed by atoms with E-state index in [2.05, 4.69) is 17.1 Å². The molecule has 2 aliphatic heterocycles. The Morgan fingerprint density at radius 3 is 2.41 bits per heavy atom. The molecule has 0 spiro atoms. The molecule has 1 aromatic rings. The normalized spacial score (nSPS) is 22.3.